The zero-order chi connectivity index (χ0) is 10.6. The Morgan fingerprint density at radius 1 is 1.43 bits per heavy atom. The SMILES string of the molecule is CCN=C(NN)NC1CCC(C)C1C. The lowest BCUT2D eigenvalue weighted by atomic mass is 9.98. The summed E-state index contributed by atoms with van der Waals surface area (Å²) in [5, 5.41) is 3.36. The minimum absolute atomic E-state index is 0.520. The molecule has 82 valence electrons. The van der Waals surface area contributed by atoms with Crippen LogP contribution in [0.3, 0.4) is 0 Å². The summed E-state index contributed by atoms with van der Waals surface area (Å²) in [6, 6.07) is 0.520. The Balaban J connectivity index is 2.47. The molecule has 0 aromatic heterocycles. The minimum atomic E-state index is 0.520. The first-order chi connectivity index (χ1) is 6.69. The molecule has 0 heterocycles. The van der Waals surface area contributed by atoms with Gasteiger partial charge in [0.2, 0.25) is 5.96 Å². The van der Waals surface area contributed by atoms with E-state index in [1.54, 1.807) is 0 Å². The van der Waals surface area contributed by atoms with Crippen LogP contribution in [-0.4, -0.2) is 18.5 Å². The average molecular weight is 198 g/mol. The summed E-state index contributed by atoms with van der Waals surface area (Å²) in [7, 11) is 0. The highest BCUT2D eigenvalue weighted by molar-refractivity contribution is 5.79. The molecule has 3 atom stereocenters. The first kappa shape index (κ1) is 11.3. The lowest BCUT2D eigenvalue weighted by Crippen LogP contribution is -2.47. The van der Waals surface area contributed by atoms with Gasteiger partial charge in [-0.1, -0.05) is 13.8 Å². The van der Waals surface area contributed by atoms with E-state index in [1.165, 1.54) is 12.8 Å². The van der Waals surface area contributed by atoms with Crippen molar-refractivity contribution >= 4 is 5.96 Å². The molecule has 3 unspecified atom stereocenters. The molecule has 1 aliphatic rings. The van der Waals surface area contributed by atoms with Crippen LogP contribution < -0.4 is 16.6 Å². The van der Waals surface area contributed by atoms with Gasteiger partial charge >= 0.3 is 0 Å². The van der Waals surface area contributed by atoms with Crippen molar-refractivity contribution in [1.82, 2.24) is 10.7 Å². The fraction of sp³-hybridized carbons (Fsp3) is 0.900. The van der Waals surface area contributed by atoms with E-state index in [0.717, 1.165) is 18.4 Å². The molecule has 0 amide bonds. The molecule has 0 bridgehead atoms. The summed E-state index contributed by atoms with van der Waals surface area (Å²) in [6.07, 6.45) is 2.51. The summed E-state index contributed by atoms with van der Waals surface area (Å²) in [5.41, 5.74) is 2.60. The fourth-order valence-corrected chi connectivity index (χ4v) is 2.04. The van der Waals surface area contributed by atoms with Crippen LogP contribution in [0.4, 0.5) is 0 Å². The van der Waals surface area contributed by atoms with Crippen LogP contribution in [0, 0.1) is 11.8 Å². The van der Waals surface area contributed by atoms with E-state index in [-0.39, 0.29) is 0 Å². The molecule has 1 aliphatic carbocycles. The first-order valence-electron chi connectivity index (χ1n) is 5.46. The number of nitrogens with zero attached hydrogens (tertiary/aromatic N) is 1. The number of hydrogen-bond acceptors (Lipinski definition) is 2. The van der Waals surface area contributed by atoms with E-state index in [4.69, 9.17) is 5.84 Å². The highest BCUT2D eigenvalue weighted by Gasteiger charge is 2.29. The van der Waals surface area contributed by atoms with Crippen molar-refractivity contribution in [1.29, 1.82) is 0 Å². The summed E-state index contributed by atoms with van der Waals surface area (Å²) >= 11 is 0. The zero-order valence-corrected chi connectivity index (χ0v) is 9.38. The Morgan fingerprint density at radius 2 is 2.14 bits per heavy atom. The van der Waals surface area contributed by atoms with Gasteiger partial charge in [0, 0.05) is 12.6 Å². The number of nitrogens with one attached hydrogen (secondary N) is 2. The van der Waals surface area contributed by atoms with Gasteiger partial charge in [-0.05, 0) is 31.6 Å². The molecule has 14 heavy (non-hydrogen) atoms. The van der Waals surface area contributed by atoms with Crippen molar-refractivity contribution < 1.29 is 0 Å². The second kappa shape index (κ2) is 5.20. The third kappa shape index (κ3) is 2.61. The Morgan fingerprint density at radius 3 is 2.57 bits per heavy atom. The predicted octanol–water partition coefficient (Wildman–Crippen LogP) is 0.850. The Bertz CT molecular complexity index is 202. The lowest BCUT2D eigenvalue weighted by molar-refractivity contribution is 0.400. The largest absolute Gasteiger partial charge is 0.352 e. The maximum Gasteiger partial charge on any atom is 0.205 e. The van der Waals surface area contributed by atoms with Crippen molar-refractivity contribution in [3.63, 3.8) is 0 Å². The van der Waals surface area contributed by atoms with Gasteiger partial charge in [0.15, 0.2) is 0 Å². The minimum Gasteiger partial charge on any atom is -0.352 e. The van der Waals surface area contributed by atoms with Crippen LogP contribution in [0.5, 0.6) is 0 Å². The van der Waals surface area contributed by atoms with Gasteiger partial charge in [-0.25, -0.2) is 5.84 Å². The summed E-state index contributed by atoms with van der Waals surface area (Å²) in [5.74, 6) is 7.59. The number of nitrogens with two attached hydrogens (primary N) is 1. The fourth-order valence-electron chi connectivity index (χ4n) is 2.04. The maximum atomic E-state index is 5.37. The molecule has 0 aliphatic heterocycles. The molecular weight excluding hydrogens is 176 g/mol. The van der Waals surface area contributed by atoms with Crippen molar-refractivity contribution in [3.8, 4) is 0 Å². The van der Waals surface area contributed by atoms with Gasteiger partial charge < -0.3 is 5.32 Å². The molecule has 0 spiro atoms. The van der Waals surface area contributed by atoms with E-state index in [9.17, 15) is 0 Å². The van der Waals surface area contributed by atoms with Crippen LogP contribution in [-0.2, 0) is 0 Å². The molecular formula is C10H22N4. The Labute approximate surface area is 86.3 Å². The quantitative estimate of drug-likeness (QED) is 0.267. The van der Waals surface area contributed by atoms with Gasteiger partial charge in [-0.15, -0.1) is 0 Å². The molecule has 1 fully saturated rings. The molecule has 4 N–H and O–H groups in total. The van der Waals surface area contributed by atoms with E-state index < -0.39 is 0 Å². The smallest absolute Gasteiger partial charge is 0.205 e. The van der Waals surface area contributed by atoms with E-state index >= 15 is 0 Å². The molecule has 1 saturated carbocycles. The third-order valence-electron chi connectivity index (χ3n) is 3.24. The van der Waals surface area contributed by atoms with Crippen LogP contribution in [0.2, 0.25) is 0 Å². The number of rotatable bonds is 2. The molecule has 0 aromatic rings. The zero-order valence-electron chi connectivity index (χ0n) is 9.38. The topological polar surface area (TPSA) is 62.4 Å². The van der Waals surface area contributed by atoms with Gasteiger partial charge in [0.05, 0.1) is 0 Å². The van der Waals surface area contributed by atoms with Crippen molar-refractivity contribution in [3.05, 3.63) is 0 Å². The summed E-state index contributed by atoms with van der Waals surface area (Å²) < 4.78 is 0. The standard InChI is InChI=1S/C10H22N4/c1-4-12-10(14-11)13-9-6-5-7(2)8(9)3/h7-9H,4-6,11H2,1-3H3,(H2,12,13,14). The molecule has 4 heteroatoms. The molecule has 4 nitrogen and oxygen atoms in total. The van der Waals surface area contributed by atoms with Crippen molar-refractivity contribution in [2.75, 3.05) is 6.54 Å². The van der Waals surface area contributed by atoms with Gasteiger partial charge in [-0.2, -0.15) is 0 Å². The van der Waals surface area contributed by atoms with Crippen molar-refractivity contribution in [2.24, 2.45) is 22.7 Å². The Kier molecular flexibility index (Phi) is 4.20. The summed E-state index contributed by atoms with van der Waals surface area (Å²) in [6.45, 7) is 7.34. The van der Waals surface area contributed by atoms with Crippen LogP contribution >= 0.6 is 0 Å². The van der Waals surface area contributed by atoms with Gasteiger partial charge in [0.1, 0.15) is 0 Å². The first-order valence-corrected chi connectivity index (χ1v) is 5.46. The highest BCUT2D eigenvalue weighted by Crippen LogP contribution is 2.30. The molecule has 0 saturated heterocycles. The average Bonchev–Trinajstić information content (AvgIpc) is 2.49. The predicted molar refractivity (Wildman–Crippen MR) is 59.8 cm³/mol. The highest BCUT2D eigenvalue weighted by atomic mass is 15.3. The molecule has 0 radical (unpaired) electrons. The number of hydrogen-bond donors (Lipinski definition) is 3. The third-order valence-corrected chi connectivity index (χ3v) is 3.24. The number of aliphatic imine (C=N–C) groups is 1. The Hall–Kier alpha value is -0.770. The second-order valence-corrected chi connectivity index (χ2v) is 4.13. The number of guanidine groups is 1. The lowest BCUT2D eigenvalue weighted by Gasteiger charge is -2.21. The summed E-state index contributed by atoms with van der Waals surface area (Å²) in [4.78, 5) is 4.24. The molecule has 1 rings (SSSR count). The normalized spacial score (nSPS) is 33.1. The van der Waals surface area contributed by atoms with Gasteiger partial charge in [-0.3, -0.25) is 10.4 Å². The van der Waals surface area contributed by atoms with Crippen LogP contribution in [0.1, 0.15) is 33.6 Å². The van der Waals surface area contributed by atoms with Crippen molar-refractivity contribution in [2.45, 2.75) is 39.7 Å². The molecule has 0 aromatic carbocycles. The van der Waals surface area contributed by atoms with Gasteiger partial charge in [0.25, 0.3) is 0 Å². The second-order valence-electron chi connectivity index (χ2n) is 4.13. The maximum absolute atomic E-state index is 5.37. The van der Waals surface area contributed by atoms with Crippen LogP contribution in [0.25, 0.3) is 0 Å². The van der Waals surface area contributed by atoms with E-state index in [2.05, 4.69) is 29.6 Å². The van der Waals surface area contributed by atoms with E-state index in [0.29, 0.717) is 12.0 Å². The van der Waals surface area contributed by atoms with Crippen LogP contribution in [0.15, 0.2) is 4.99 Å². The number of hydrazine groups is 1. The van der Waals surface area contributed by atoms with E-state index in [1.807, 2.05) is 6.92 Å². The monoisotopic (exact) mass is 198 g/mol.